The minimum Gasteiger partial charge on any atom is -0.465 e. The van der Waals surface area contributed by atoms with Gasteiger partial charge < -0.3 is 14.2 Å². The lowest BCUT2D eigenvalue weighted by Gasteiger charge is -2.38. The summed E-state index contributed by atoms with van der Waals surface area (Å²) in [5.41, 5.74) is 0.902. The van der Waals surface area contributed by atoms with Crippen molar-refractivity contribution in [1.29, 1.82) is 0 Å². The molecule has 1 fully saturated rings. The Morgan fingerprint density at radius 3 is 2.90 bits per heavy atom. The van der Waals surface area contributed by atoms with E-state index in [2.05, 4.69) is 0 Å². The minimum atomic E-state index is -0.561. The number of carbonyl (C=O) groups excluding carboxylic acids is 1. The van der Waals surface area contributed by atoms with E-state index >= 15 is 0 Å². The second-order valence-corrected chi connectivity index (χ2v) is 5.57. The van der Waals surface area contributed by atoms with Crippen molar-refractivity contribution in [3.63, 3.8) is 0 Å². The first-order valence-corrected chi connectivity index (χ1v) is 7.52. The Labute approximate surface area is 121 Å². The van der Waals surface area contributed by atoms with Gasteiger partial charge in [0.05, 0.1) is 6.61 Å². The number of benzene rings is 1. The highest BCUT2D eigenvalue weighted by Crippen LogP contribution is 2.37. The van der Waals surface area contributed by atoms with Crippen LogP contribution in [0.3, 0.4) is 0 Å². The summed E-state index contributed by atoms with van der Waals surface area (Å²) in [6, 6.07) is 7.94. The summed E-state index contributed by atoms with van der Waals surface area (Å²) >= 11 is 1.65. The largest absolute Gasteiger partial charge is 0.465 e. The highest BCUT2D eigenvalue weighted by atomic mass is 32.1. The van der Waals surface area contributed by atoms with E-state index < -0.39 is 12.2 Å². The molecule has 106 valence electrons. The Kier molecular flexibility index (Phi) is 3.74. The first-order valence-electron chi connectivity index (χ1n) is 6.64. The second kappa shape index (κ2) is 5.52. The molecule has 20 heavy (non-hydrogen) atoms. The molecule has 0 saturated carbocycles. The lowest BCUT2D eigenvalue weighted by atomic mass is 9.94. The highest BCUT2D eigenvalue weighted by molar-refractivity contribution is 7.17. The molecule has 5 heteroatoms. The zero-order valence-corrected chi connectivity index (χ0v) is 12.2. The van der Waals surface area contributed by atoms with E-state index in [4.69, 9.17) is 14.2 Å². The van der Waals surface area contributed by atoms with Crippen LogP contribution in [0.4, 0.5) is 0 Å². The number of fused-ring (bicyclic) bond motifs is 1. The summed E-state index contributed by atoms with van der Waals surface area (Å²) in [7, 11) is 0. The van der Waals surface area contributed by atoms with Gasteiger partial charge in [-0.3, -0.25) is 4.79 Å². The zero-order chi connectivity index (χ0) is 14.1. The van der Waals surface area contributed by atoms with Gasteiger partial charge >= 0.3 is 5.97 Å². The maximum absolute atomic E-state index is 12.3. The van der Waals surface area contributed by atoms with Crippen LogP contribution in [0, 0.1) is 0 Å². The smallest absolute Gasteiger partial charge is 0.318 e. The molecular weight excluding hydrogens is 276 g/mol. The van der Waals surface area contributed by atoms with E-state index in [1.165, 1.54) is 0 Å². The van der Waals surface area contributed by atoms with Crippen molar-refractivity contribution in [1.82, 2.24) is 0 Å². The molecule has 1 aliphatic rings. The molecule has 1 aromatic carbocycles. The first kappa shape index (κ1) is 13.5. The number of rotatable bonds is 4. The SMILES string of the molecule is CCOC(=O)C(c1cccc2sccc12)C1OC(C)O1. The maximum atomic E-state index is 12.3. The average Bonchev–Trinajstić information content (AvgIpc) is 2.86. The van der Waals surface area contributed by atoms with Crippen LogP contribution in [0.1, 0.15) is 25.3 Å². The van der Waals surface area contributed by atoms with Crippen molar-refractivity contribution in [2.45, 2.75) is 32.3 Å². The third kappa shape index (κ3) is 2.32. The van der Waals surface area contributed by atoms with Crippen molar-refractivity contribution in [2.24, 2.45) is 0 Å². The van der Waals surface area contributed by atoms with Crippen molar-refractivity contribution in [2.75, 3.05) is 6.61 Å². The van der Waals surface area contributed by atoms with Crippen LogP contribution < -0.4 is 0 Å². The average molecular weight is 292 g/mol. The number of thiophene rings is 1. The van der Waals surface area contributed by atoms with Gasteiger partial charge in [-0.25, -0.2) is 0 Å². The summed E-state index contributed by atoms with van der Waals surface area (Å²) in [6.45, 7) is 3.95. The molecule has 1 aliphatic heterocycles. The van der Waals surface area contributed by atoms with E-state index in [-0.39, 0.29) is 12.3 Å². The van der Waals surface area contributed by atoms with Gasteiger partial charge in [-0.2, -0.15) is 0 Å². The van der Waals surface area contributed by atoms with Crippen LogP contribution in [0.5, 0.6) is 0 Å². The van der Waals surface area contributed by atoms with Crippen molar-refractivity contribution < 1.29 is 19.0 Å². The molecule has 2 aromatic rings. The lowest BCUT2D eigenvalue weighted by molar-refractivity contribution is -0.380. The van der Waals surface area contributed by atoms with E-state index in [1.54, 1.807) is 18.3 Å². The van der Waals surface area contributed by atoms with Gasteiger partial charge in [-0.15, -0.1) is 11.3 Å². The normalized spacial score (nSPS) is 23.3. The third-order valence-corrected chi connectivity index (χ3v) is 4.21. The van der Waals surface area contributed by atoms with Gasteiger partial charge in [0.15, 0.2) is 12.6 Å². The van der Waals surface area contributed by atoms with Gasteiger partial charge in [0.2, 0.25) is 0 Å². The molecule has 1 aromatic heterocycles. The molecule has 0 spiro atoms. The zero-order valence-electron chi connectivity index (χ0n) is 11.4. The topological polar surface area (TPSA) is 44.8 Å². The standard InChI is InChI=1S/C15H16O4S/c1-3-17-14(16)13(15-18-9(2)19-15)11-5-4-6-12-10(11)7-8-20-12/h4-9,13,15H,3H2,1-2H3. The molecule has 1 unspecified atom stereocenters. The van der Waals surface area contributed by atoms with Gasteiger partial charge in [0.25, 0.3) is 0 Å². The summed E-state index contributed by atoms with van der Waals surface area (Å²) < 4.78 is 17.4. The van der Waals surface area contributed by atoms with Crippen molar-refractivity contribution in [3.05, 3.63) is 35.2 Å². The van der Waals surface area contributed by atoms with Crippen LogP contribution in [-0.4, -0.2) is 25.2 Å². The first-order chi connectivity index (χ1) is 9.70. The second-order valence-electron chi connectivity index (χ2n) is 4.62. The summed E-state index contributed by atoms with van der Waals surface area (Å²) in [6.07, 6.45) is -0.826. The Hall–Kier alpha value is -1.43. The Morgan fingerprint density at radius 1 is 1.40 bits per heavy atom. The Balaban J connectivity index is 2.00. The number of hydrogen-bond acceptors (Lipinski definition) is 5. The minimum absolute atomic E-state index is 0.265. The molecule has 4 nitrogen and oxygen atoms in total. The molecule has 0 bridgehead atoms. The molecule has 0 amide bonds. The van der Waals surface area contributed by atoms with Crippen LogP contribution in [-0.2, 0) is 19.0 Å². The number of esters is 1. The number of ether oxygens (including phenoxy) is 3. The molecule has 3 rings (SSSR count). The van der Waals surface area contributed by atoms with Gasteiger partial charge in [-0.05, 0) is 42.3 Å². The molecule has 1 saturated heterocycles. The molecule has 1 atom stereocenters. The molecule has 0 radical (unpaired) electrons. The number of hydrogen-bond donors (Lipinski definition) is 0. The van der Waals surface area contributed by atoms with Gasteiger partial charge in [0, 0.05) is 4.70 Å². The van der Waals surface area contributed by atoms with Crippen LogP contribution in [0.2, 0.25) is 0 Å². The fourth-order valence-electron chi connectivity index (χ4n) is 2.45. The van der Waals surface area contributed by atoms with Crippen LogP contribution in [0.25, 0.3) is 10.1 Å². The predicted molar refractivity (Wildman–Crippen MR) is 76.6 cm³/mol. The Bertz CT molecular complexity index is 615. The third-order valence-electron chi connectivity index (χ3n) is 3.33. The quantitative estimate of drug-likeness (QED) is 0.811. The lowest BCUT2D eigenvalue weighted by Crippen LogP contribution is -2.45. The fraction of sp³-hybridized carbons (Fsp3) is 0.400. The maximum Gasteiger partial charge on any atom is 0.318 e. The predicted octanol–water partition coefficient (Wildman–Crippen LogP) is 3.27. The van der Waals surface area contributed by atoms with Crippen molar-refractivity contribution >= 4 is 27.4 Å². The molecule has 0 aliphatic carbocycles. The van der Waals surface area contributed by atoms with Crippen LogP contribution >= 0.6 is 11.3 Å². The summed E-state index contributed by atoms with van der Waals surface area (Å²) in [5.74, 6) is -0.840. The summed E-state index contributed by atoms with van der Waals surface area (Å²) in [5, 5.41) is 3.07. The monoisotopic (exact) mass is 292 g/mol. The van der Waals surface area contributed by atoms with Crippen molar-refractivity contribution in [3.8, 4) is 0 Å². The highest BCUT2D eigenvalue weighted by Gasteiger charge is 2.41. The number of carbonyl (C=O) groups is 1. The summed E-state index contributed by atoms with van der Waals surface area (Å²) in [4.78, 5) is 12.3. The molecular formula is C15H16O4S. The van der Waals surface area contributed by atoms with Crippen LogP contribution in [0.15, 0.2) is 29.6 Å². The molecule has 0 N–H and O–H groups in total. The van der Waals surface area contributed by atoms with Gasteiger partial charge in [-0.1, -0.05) is 12.1 Å². The molecule has 2 heterocycles. The van der Waals surface area contributed by atoms with E-state index in [1.807, 2.05) is 36.6 Å². The van der Waals surface area contributed by atoms with E-state index in [0.717, 1.165) is 15.6 Å². The van der Waals surface area contributed by atoms with E-state index in [9.17, 15) is 4.79 Å². The fourth-order valence-corrected chi connectivity index (χ4v) is 3.27. The Morgan fingerprint density at radius 2 is 2.20 bits per heavy atom. The van der Waals surface area contributed by atoms with E-state index in [0.29, 0.717) is 6.61 Å². The van der Waals surface area contributed by atoms with Gasteiger partial charge in [0.1, 0.15) is 5.92 Å².